The number of aromatic nitrogens is 5. The Morgan fingerprint density at radius 1 is 0.886 bits per heavy atom. The van der Waals surface area contributed by atoms with Crippen molar-refractivity contribution in [3.8, 4) is 0 Å². The molecule has 1 fully saturated rings. The van der Waals surface area contributed by atoms with E-state index < -0.39 is 12.1 Å². The number of nitrogens with zero attached hydrogens (tertiary/aromatic N) is 7. The lowest BCUT2D eigenvalue weighted by atomic mass is 10.0. The average molecular weight is 596 g/mol. The SMILES string of the molecule is O=C1CCCn2cc(nn2)CNC(=O)[C@H]2CN(Cc3ccccc3Cn3cccn3)CCN2C(=O)[C@H](Cc2ccccc2)N1. The molecule has 0 saturated carbocycles. The van der Waals surface area contributed by atoms with Crippen LogP contribution in [0.4, 0.5) is 0 Å². The van der Waals surface area contributed by atoms with Crippen LogP contribution < -0.4 is 10.6 Å². The van der Waals surface area contributed by atoms with Crippen LogP contribution in [0.1, 0.15) is 35.2 Å². The number of carbonyl (C=O) groups excluding carboxylic acids is 3. The van der Waals surface area contributed by atoms with E-state index in [1.165, 1.54) is 0 Å². The van der Waals surface area contributed by atoms with Gasteiger partial charge in [-0.3, -0.25) is 28.6 Å². The summed E-state index contributed by atoms with van der Waals surface area (Å²) in [5, 5.41) is 18.6. The molecule has 12 nitrogen and oxygen atoms in total. The Hall–Kier alpha value is -4.84. The van der Waals surface area contributed by atoms with Crippen molar-refractivity contribution in [1.82, 2.24) is 45.2 Å². The van der Waals surface area contributed by atoms with E-state index in [0.29, 0.717) is 57.8 Å². The molecule has 228 valence electrons. The van der Waals surface area contributed by atoms with Crippen molar-refractivity contribution in [3.05, 3.63) is 102 Å². The van der Waals surface area contributed by atoms with Crippen LogP contribution in [-0.4, -0.2) is 84.0 Å². The van der Waals surface area contributed by atoms with Gasteiger partial charge in [-0.2, -0.15) is 5.10 Å². The lowest BCUT2D eigenvalue weighted by molar-refractivity contribution is -0.146. The number of piperazine rings is 1. The molecule has 2 aliphatic rings. The molecule has 0 spiro atoms. The average Bonchev–Trinajstić information content (AvgIpc) is 3.72. The zero-order chi connectivity index (χ0) is 30.3. The molecule has 1 saturated heterocycles. The molecule has 4 heterocycles. The molecule has 0 radical (unpaired) electrons. The van der Waals surface area contributed by atoms with Crippen LogP contribution >= 0.6 is 0 Å². The zero-order valence-electron chi connectivity index (χ0n) is 24.6. The summed E-state index contributed by atoms with van der Waals surface area (Å²) in [6, 6.07) is 18.2. The molecule has 2 bridgehead atoms. The summed E-state index contributed by atoms with van der Waals surface area (Å²) in [6.07, 6.45) is 6.62. The van der Waals surface area contributed by atoms with Gasteiger partial charge in [0.05, 0.1) is 19.3 Å². The molecule has 2 N–H and O–H groups in total. The molecular formula is C32H37N9O3. The van der Waals surface area contributed by atoms with E-state index in [0.717, 1.165) is 16.7 Å². The second-order valence-corrected chi connectivity index (χ2v) is 11.4. The lowest BCUT2D eigenvalue weighted by Crippen LogP contribution is -2.63. The van der Waals surface area contributed by atoms with Gasteiger partial charge in [0.2, 0.25) is 17.7 Å². The van der Waals surface area contributed by atoms with Gasteiger partial charge in [0.25, 0.3) is 0 Å². The lowest BCUT2D eigenvalue weighted by Gasteiger charge is -2.42. The number of rotatable bonds is 6. The van der Waals surface area contributed by atoms with Gasteiger partial charge in [-0.15, -0.1) is 5.10 Å². The van der Waals surface area contributed by atoms with Gasteiger partial charge in [-0.25, -0.2) is 0 Å². The fourth-order valence-electron chi connectivity index (χ4n) is 5.89. The normalized spacial score (nSPS) is 20.3. The summed E-state index contributed by atoms with van der Waals surface area (Å²) < 4.78 is 3.57. The first-order chi connectivity index (χ1) is 21.5. The van der Waals surface area contributed by atoms with E-state index in [9.17, 15) is 14.4 Å². The molecule has 44 heavy (non-hydrogen) atoms. The highest BCUT2D eigenvalue weighted by Crippen LogP contribution is 2.19. The summed E-state index contributed by atoms with van der Waals surface area (Å²) in [5.74, 6) is -0.717. The summed E-state index contributed by atoms with van der Waals surface area (Å²) in [7, 11) is 0. The van der Waals surface area contributed by atoms with Crippen molar-refractivity contribution in [3.63, 3.8) is 0 Å². The fraction of sp³-hybridized carbons (Fsp3) is 0.375. The number of amides is 3. The van der Waals surface area contributed by atoms with Crippen LogP contribution in [0.2, 0.25) is 0 Å². The molecule has 2 aromatic carbocycles. The number of carbonyl (C=O) groups is 3. The second-order valence-electron chi connectivity index (χ2n) is 11.4. The highest BCUT2D eigenvalue weighted by molar-refractivity contribution is 5.92. The predicted octanol–water partition coefficient (Wildman–Crippen LogP) is 1.37. The van der Waals surface area contributed by atoms with Crippen molar-refractivity contribution >= 4 is 17.7 Å². The number of aryl methyl sites for hydroxylation is 1. The summed E-state index contributed by atoms with van der Waals surface area (Å²) in [4.78, 5) is 44.8. The smallest absolute Gasteiger partial charge is 0.246 e. The van der Waals surface area contributed by atoms with Crippen LogP contribution in [0.5, 0.6) is 0 Å². The van der Waals surface area contributed by atoms with Crippen LogP contribution in [0.15, 0.2) is 79.3 Å². The maximum Gasteiger partial charge on any atom is 0.246 e. The number of benzene rings is 2. The molecule has 2 aliphatic heterocycles. The summed E-state index contributed by atoms with van der Waals surface area (Å²) in [5.41, 5.74) is 3.85. The van der Waals surface area contributed by atoms with Crippen molar-refractivity contribution in [1.29, 1.82) is 0 Å². The molecule has 0 aliphatic carbocycles. The van der Waals surface area contributed by atoms with Gasteiger partial charge in [0, 0.05) is 58.0 Å². The van der Waals surface area contributed by atoms with Crippen molar-refractivity contribution in [2.24, 2.45) is 0 Å². The molecule has 12 heteroatoms. The van der Waals surface area contributed by atoms with Crippen molar-refractivity contribution < 1.29 is 14.4 Å². The monoisotopic (exact) mass is 595 g/mol. The Kier molecular flexibility index (Phi) is 9.06. The Morgan fingerprint density at radius 3 is 2.48 bits per heavy atom. The molecule has 2 aromatic heterocycles. The molecule has 2 atom stereocenters. The predicted molar refractivity (Wildman–Crippen MR) is 162 cm³/mol. The number of nitrogens with one attached hydrogen (secondary N) is 2. The van der Waals surface area contributed by atoms with Crippen LogP contribution in [-0.2, 0) is 47.0 Å². The molecule has 0 unspecified atom stereocenters. The van der Waals surface area contributed by atoms with E-state index >= 15 is 0 Å². The topological polar surface area (TPSA) is 130 Å². The molecule has 3 amide bonds. The largest absolute Gasteiger partial charge is 0.348 e. The maximum absolute atomic E-state index is 14.2. The third-order valence-corrected chi connectivity index (χ3v) is 8.19. The Bertz CT molecular complexity index is 1570. The molecular weight excluding hydrogens is 558 g/mol. The fourth-order valence-corrected chi connectivity index (χ4v) is 5.89. The van der Waals surface area contributed by atoms with E-state index in [2.05, 4.69) is 43.1 Å². The van der Waals surface area contributed by atoms with Gasteiger partial charge >= 0.3 is 0 Å². The maximum atomic E-state index is 14.2. The highest BCUT2D eigenvalue weighted by Gasteiger charge is 2.38. The third-order valence-electron chi connectivity index (χ3n) is 8.19. The van der Waals surface area contributed by atoms with E-state index in [4.69, 9.17) is 0 Å². The summed E-state index contributed by atoms with van der Waals surface area (Å²) >= 11 is 0. The first-order valence-electron chi connectivity index (χ1n) is 15.1. The van der Waals surface area contributed by atoms with Crippen molar-refractivity contribution in [2.45, 2.75) is 57.5 Å². The Morgan fingerprint density at radius 2 is 1.68 bits per heavy atom. The van der Waals surface area contributed by atoms with Gasteiger partial charge in [0.15, 0.2) is 0 Å². The quantitative estimate of drug-likeness (QED) is 0.344. The van der Waals surface area contributed by atoms with E-state index in [1.54, 1.807) is 22.0 Å². The third kappa shape index (κ3) is 7.20. The van der Waals surface area contributed by atoms with Crippen LogP contribution in [0, 0.1) is 0 Å². The first-order valence-corrected chi connectivity index (χ1v) is 15.1. The number of hydrogen-bond donors (Lipinski definition) is 2. The minimum Gasteiger partial charge on any atom is -0.348 e. The first kappa shape index (κ1) is 29.2. The summed E-state index contributed by atoms with van der Waals surface area (Å²) in [6.45, 7) is 3.29. The Labute approximate surface area is 256 Å². The second kappa shape index (κ2) is 13.6. The zero-order valence-corrected chi connectivity index (χ0v) is 24.6. The molecule has 4 aromatic rings. The van der Waals surface area contributed by atoms with Gasteiger partial charge in [-0.1, -0.05) is 59.8 Å². The van der Waals surface area contributed by atoms with Gasteiger partial charge in [0.1, 0.15) is 17.8 Å². The van der Waals surface area contributed by atoms with E-state index in [1.807, 2.05) is 59.4 Å². The molecule has 6 rings (SSSR count). The Balaban J connectivity index is 1.25. The minimum absolute atomic E-state index is 0.203. The van der Waals surface area contributed by atoms with Crippen LogP contribution in [0.3, 0.4) is 0 Å². The standard InChI is InChI=1S/C32H37N9O3/c42-30-12-6-14-40-22-27(36-37-40)19-33-31(43)29-23-38(20-25-10-4-5-11-26(25)21-39-15-7-13-34-39)16-17-41(29)32(44)28(35-30)18-24-8-2-1-3-9-24/h1-5,7-11,13,15,22,28-29H,6,12,14,16-21,23H2,(H,33,43)(H,35,42)/t28-,29+/m0/s1. The van der Waals surface area contributed by atoms with Crippen LogP contribution in [0.25, 0.3) is 0 Å². The minimum atomic E-state index is -0.788. The van der Waals surface area contributed by atoms with Gasteiger partial charge < -0.3 is 15.5 Å². The number of hydrogen-bond acceptors (Lipinski definition) is 7. The van der Waals surface area contributed by atoms with Gasteiger partial charge in [-0.05, 0) is 29.2 Å². The number of fused-ring (bicyclic) bond motifs is 3. The highest BCUT2D eigenvalue weighted by atomic mass is 16.2. The van der Waals surface area contributed by atoms with E-state index in [-0.39, 0.29) is 30.7 Å². The van der Waals surface area contributed by atoms with Crippen molar-refractivity contribution in [2.75, 3.05) is 19.6 Å².